The summed E-state index contributed by atoms with van der Waals surface area (Å²) in [6.07, 6.45) is 0.796. The fourth-order valence-electron chi connectivity index (χ4n) is 1.62. The number of esters is 1. The standard InChI is InChI=1S/C15H18Cl2N2O4/c1-3-7-18-14(21)9(2)19-12(20)8-23-15(22)10-5-4-6-11(16)13(10)17/h4-6,9H,3,7-8H2,1-2H3,(H,18,21)(H,19,20)/t9-/m1/s1. The van der Waals surface area contributed by atoms with Crippen LogP contribution in [0.1, 0.15) is 30.6 Å². The highest BCUT2D eigenvalue weighted by Gasteiger charge is 2.18. The summed E-state index contributed by atoms with van der Waals surface area (Å²) < 4.78 is 4.86. The van der Waals surface area contributed by atoms with Crippen molar-refractivity contribution in [2.24, 2.45) is 0 Å². The van der Waals surface area contributed by atoms with Gasteiger partial charge in [-0.05, 0) is 25.5 Å². The van der Waals surface area contributed by atoms with Gasteiger partial charge in [0.2, 0.25) is 5.91 Å². The zero-order chi connectivity index (χ0) is 17.4. The molecule has 8 heteroatoms. The second-order valence-electron chi connectivity index (χ2n) is 4.76. The molecule has 0 bridgehead atoms. The molecule has 6 nitrogen and oxygen atoms in total. The van der Waals surface area contributed by atoms with Crippen LogP contribution in [0.5, 0.6) is 0 Å². The molecule has 23 heavy (non-hydrogen) atoms. The van der Waals surface area contributed by atoms with Gasteiger partial charge in [-0.1, -0.05) is 36.2 Å². The lowest BCUT2D eigenvalue weighted by molar-refractivity contribution is -0.130. The first kappa shape index (κ1) is 19.3. The lowest BCUT2D eigenvalue weighted by atomic mass is 10.2. The van der Waals surface area contributed by atoms with Crippen molar-refractivity contribution in [1.29, 1.82) is 0 Å². The number of ether oxygens (including phenoxy) is 1. The molecule has 0 spiro atoms. The lowest BCUT2D eigenvalue weighted by Crippen LogP contribution is -2.46. The minimum atomic E-state index is -0.768. The van der Waals surface area contributed by atoms with Crippen molar-refractivity contribution in [2.75, 3.05) is 13.2 Å². The van der Waals surface area contributed by atoms with Crippen LogP contribution in [0.25, 0.3) is 0 Å². The molecule has 0 aliphatic heterocycles. The van der Waals surface area contributed by atoms with Gasteiger partial charge in [-0.2, -0.15) is 0 Å². The quantitative estimate of drug-likeness (QED) is 0.729. The summed E-state index contributed by atoms with van der Waals surface area (Å²) in [6.45, 7) is 3.47. The minimum absolute atomic E-state index is 0.0619. The summed E-state index contributed by atoms with van der Waals surface area (Å²) in [5.41, 5.74) is 0.0701. The Hall–Kier alpha value is -1.79. The average Bonchev–Trinajstić information content (AvgIpc) is 2.52. The molecule has 0 fully saturated rings. The van der Waals surface area contributed by atoms with Gasteiger partial charge in [-0.15, -0.1) is 0 Å². The second-order valence-corrected chi connectivity index (χ2v) is 5.54. The maximum absolute atomic E-state index is 11.9. The Balaban J connectivity index is 2.48. The van der Waals surface area contributed by atoms with Crippen molar-refractivity contribution in [3.05, 3.63) is 33.8 Å². The minimum Gasteiger partial charge on any atom is -0.452 e. The normalized spacial score (nSPS) is 11.5. The van der Waals surface area contributed by atoms with Crippen LogP contribution in [0.4, 0.5) is 0 Å². The van der Waals surface area contributed by atoms with Crippen molar-refractivity contribution >= 4 is 41.0 Å². The lowest BCUT2D eigenvalue weighted by Gasteiger charge is -2.14. The molecule has 0 heterocycles. The number of halogens is 2. The molecule has 0 saturated carbocycles. The van der Waals surface area contributed by atoms with Crippen LogP contribution >= 0.6 is 23.2 Å². The third-order valence-corrected chi connectivity index (χ3v) is 3.64. The Morgan fingerprint density at radius 3 is 2.61 bits per heavy atom. The van der Waals surface area contributed by atoms with E-state index in [2.05, 4.69) is 10.6 Å². The summed E-state index contributed by atoms with van der Waals surface area (Å²) in [4.78, 5) is 35.2. The molecule has 2 N–H and O–H groups in total. The fourth-order valence-corrected chi connectivity index (χ4v) is 2.00. The highest BCUT2D eigenvalue weighted by Crippen LogP contribution is 2.25. The van der Waals surface area contributed by atoms with E-state index in [4.69, 9.17) is 27.9 Å². The van der Waals surface area contributed by atoms with Crippen molar-refractivity contribution in [3.8, 4) is 0 Å². The average molecular weight is 361 g/mol. The predicted molar refractivity (Wildman–Crippen MR) is 87.6 cm³/mol. The van der Waals surface area contributed by atoms with Crippen LogP contribution in [-0.4, -0.2) is 37.0 Å². The highest BCUT2D eigenvalue weighted by atomic mass is 35.5. The van der Waals surface area contributed by atoms with Crippen LogP contribution in [0.3, 0.4) is 0 Å². The number of nitrogens with one attached hydrogen (secondary N) is 2. The molecule has 0 radical (unpaired) electrons. The summed E-state index contributed by atoms with van der Waals surface area (Å²) in [6, 6.07) is 3.80. The van der Waals surface area contributed by atoms with E-state index in [1.807, 2.05) is 6.92 Å². The molecule has 2 amide bonds. The fraction of sp³-hybridized carbons (Fsp3) is 0.400. The van der Waals surface area contributed by atoms with Gasteiger partial charge < -0.3 is 15.4 Å². The third kappa shape index (κ3) is 6.08. The van der Waals surface area contributed by atoms with Crippen molar-refractivity contribution in [1.82, 2.24) is 10.6 Å². The molecule has 0 saturated heterocycles. The molecule has 0 aliphatic rings. The van der Waals surface area contributed by atoms with E-state index in [1.165, 1.54) is 12.1 Å². The summed E-state index contributed by atoms with van der Waals surface area (Å²) in [5.74, 6) is -1.66. The van der Waals surface area contributed by atoms with Crippen LogP contribution < -0.4 is 10.6 Å². The van der Waals surface area contributed by atoms with Gasteiger partial charge in [0.05, 0.1) is 15.6 Å². The number of carbonyl (C=O) groups is 3. The molecule has 0 aromatic heterocycles. The van der Waals surface area contributed by atoms with Gasteiger partial charge in [-0.25, -0.2) is 4.79 Å². The van der Waals surface area contributed by atoms with E-state index in [-0.39, 0.29) is 21.5 Å². The molecule has 1 atom stereocenters. The van der Waals surface area contributed by atoms with Crippen molar-refractivity contribution < 1.29 is 19.1 Å². The molecule has 1 aromatic carbocycles. The molecular weight excluding hydrogens is 343 g/mol. The van der Waals surface area contributed by atoms with Gasteiger partial charge in [0.1, 0.15) is 6.04 Å². The van der Waals surface area contributed by atoms with Crippen molar-refractivity contribution in [3.63, 3.8) is 0 Å². The Kier molecular flexibility index (Phi) is 7.85. The number of hydrogen-bond donors (Lipinski definition) is 2. The molecule has 0 unspecified atom stereocenters. The van der Waals surface area contributed by atoms with Crippen LogP contribution in [-0.2, 0) is 14.3 Å². The largest absolute Gasteiger partial charge is 0.452 e. The van der Waals surface area contributed by atoms with E-state index in [0.29, 0.717) is 6.54 Å². The number of benzene rings is 1. The monoisotopic (exact) mass is 360 g/mol. The first-order valence-electron chi connectivity index (χ1n) is 7.05. The molecule has 0 aliphatic carbocycles. The van der Waals surface area contributed by atoms with Crippen LogP contribution in [0.2, 0.25) is 10.0 Å². The topological polar surface area (TPSA) is 84.5 Å². The zero-order valence-electron chi connectivity index (χ0n) is 12.8. The number of carbonyl (C=O) groups excluding carboxylic acids is 3. The van der Waals surface area contributed by atoms with Gasteiger partial charge >= 0.3 is 5.97 Å². The molecule has 1 rings (SSSR count). The van der Waals surface area contributed by atoms with Crippen LogP contribution in [0, 0.1) is 0 Å². The van der Waals surface area contributed by atoms with Crippen LogP contribution in [0.15, 0.2) is 18.2 Å². The SMILES string of the molecule is CCCNC(=O)[C@@H](C)NC(=O)COC(=O)c1cccc(Cl)c1Cl. The first-order chi connectivity index (χ1) is 10.9. The molecule has 1 aromatic rings. The highest BCUT2D eigenvalue weighted by molar-refractivity contribution is 6.43. The van der Waals surface area contributed by atoms with Gasteiger partial charge in [-0.3, -0.25) is 9.59 Å². The van der Waals surface area contributed by atoms with Gasteiger partial charge in [0.25, 0.3) is 5.91 Å². The number of amides is 2. The summed E-state index contributed by atoms with van der Waals surface area (Å²) in [7, 11) is 0. The smallest absolute Gasteiger partial charge is 0.340 e. The Morgan fingerprint density at radius 1 is 1.26 bits per heavy atom. The Morgan fingerprint density at radius 2 is 1.96 bits per heavy atom. The first-order valence-corrected chi connectivity index (χ1v) is 7.80. The zero-order valence-corrected chi connectivity index (χ0v) is 14.3. The summed E-state index contributed by atoms with van der Waals surface area (Å²) >= 11 is 11.7. The van der Waals surface area contributed by atoms with E-state index in [1.54, 1.807) is 13.0 Å². The van der Waals surface area contributed by atoms with Gasteiger partial charge in [0, 0.05) is 6.54 Å². The maximum atomic E-state index is 11.9. The maximum Gasteiger partial charge on any atom is 0.340 e. The Bertz CT molecular complexity index is 593. The third-order valence-electron chi connectivity index (χ3n) is 2.83. The van der Waals surface area contributed by atoms with Crippen molar-refractivity contribution in [2.45, 2.75) is 26.3 Å². The van der Waals surface area contributed by atoms with E-state index in [9.17, 15) is 14.4 Å². The Labute approximate surface area is 144 Å². The number of rotatable bonds is 7. The predicted octanol–water partition coefficient (Wildman–Crippen LogP) is 2.18. The molecular formula is C15H18Cl2N2O4. The van der Waals surface area contributed by atoms with Gasteiger partial charge in [0.15, 0.2) is 6.61 Å². The molecule has 126 valence electrons. The summed E-state index contributed by atoms with van der Waals surface area (Å²) in [5, 5.41) is 5.36. The number of hydrogen-bond acceptors (Lipinski definition) is 4. The van der Waals surface area contributed by atoms with E-state index in [0.717, 1.165) is 6.42 Å². The van der Waals surface area contributed by atoms with E-state index < -0.39 is 24.5 Å². The van der Waals surface area contributed by atoms with E-state index >= 15 is 0 Å². The second kappa shape index (κ2) is 9.37.